The summed E-state index contributed by atoms with van der Waals surface area (Å²) in [5, 5.41) is 0. The van der Waals surface area contributed by atoms with Crippen LogP contribution in [0.3, 0.4) is 0 Å². The van der Waals surface area contributed by atoms with Crippen molar-refractivity contribution in [3.05, 3.63) is 29.8 Å². The molecule has 0 aromatic heterocycles. The fourth-order valence-corrected chi connectivity index (χ4v) is 3.89. The minimum Gasteiger partial charge on any atom is -0.452 e. The molecule has 0 radical (unpaired) electrons. The predicted octanol–water partition coefficient (Wildman–Crippen LogP) is 2.18. The monoisotopic (exact) mass is 360 g/mol. The van der Waals surface area contributed by atoms with Crippen molar-refractivity contribution in [3.8, 4) is 0 Å². The average Bonchev–Trinajstić information content (AvgIpc) is 2.65. The smallest absolute Gasteiger partial charge is 0.340 e. The number of benzene rings is 1. The minimum atomic E-state index is -0.446. The Morgan fingerprint density at radius 1 is 1.12 bits per heavy atom. The molecule has 26 heavy (non-hydrogen) atoms. The number of morpholine rings is 1. The van der Waals surface area contributed by atoms with Crippen LogP contribution in [0.4, 0.5) is 5.69 Å². The Morgan fingerprint density at radius 2 is 1.77 bits per heavy atom. The molecule has 0 bridgehead atoms. The Balaban J connectivity index is 1.61. The topological polar surface area (TPSA) is 59.1 Å². The molecule has 6 nitrogen and oxygen atoms in total. The number of carbonyl (C=O) groups is 2. The minimum absolute atomic E-state index is 0.111. The van der Waals surface area contributed by atoms with E-state index in [1.54, 1.807) is 6.07 Å². The Labute approximate surface area is 155 Å². The molecule has 0 aliphatic carbocycles. The first-order valence-electron chi connectivity index (χ1n) is 9.41. The molecule has 2 aliphatic rings. The lowest BCUT2D eigenvalue weighted by Gasteiger charge is -2.34. The molecule has 2 atom stereocenters. The van der Waals surface area contributed by atoms with Gasteiger partial charge in [0.2, 0.25) is 0 Å². The Bertz CT molecular complexity index is 632. The number of anilines is 1. The second-order valence-electron chi connectivity index (χ2n) is 7.44. The van der Waals surface area contributed by atoms with Gasteiger partial charge in [0.1, 0.15) is 0 Å². The molecule has 2 aliphatic heterocycles. The van der Waals surface area contributed by atoms with E-state index < -0.39 is 5.97 Å². The maximum absolute atomic E-state index is 12.6. The van der Waals surface area contributed by atoms with Crippen molar-refractivity contribution < 1.29 is 19.1 Å². The number of rotatable bonds is 4. The number of piperidine rings is 1. The van der Waals surface area contributed by atoms with Crippen LogP contribution in [0.2, 0.25) is 0 Å². The second kappa shape index (κ2) is 8.54. The first kappa shape index (κ1) is 18.7. The number of esters is 1. The zero-order chi connectivity index (χ0) is 18.5. The number of amides is 1. The lowest BCUT2D eigenvalue weighted by molar-refractivity contribution is -0.137. The maximum Gasteiger partial charge on any atom is 0.340 e. The number of hydrogen-bond donors (Lipinski definition) is 0. The number of hydrogen-bond acceptors (Lipinski definition) is 5. The molecule has 0 unspecified atom stereocenters. The van der Waals surface area contributed by atoms with Crippen LogP contribution in [0, 0.1) is 11.8 Å². The number of ether oxygens (including phenoxy) is 2. The maximum atomic E-state index is 12.6. The van der Waals surface area contributed by atoms with Gasteiger partial charge in [-0.05, 0) is 30.4 Å². The van der Waals surface area contributed by atoms with E-state index in [1.165, 1.54) is 0 Å². The third-order valence-electron chi connectivity index (χ3n) is 5.02. The highest BCUT2D eigenvalue weighted by molar-refractivity contribution is 5.97. The van der Waals surface area contributed by atoms with Crippen LogP contribution < -0.4 is 4.90 Å². The van der Waals surface area contributed by atoms with Gasteiger partial charge in [-0.1, -0.05) is 26.0 Å². The second-order valence-corrected chi connectivity index (χ2v) is 7.44. The van der Waals surface area contributed by atoms with Gasteiger partial charge in [0.15, 0.2) is 6.61 Å². The van der Waals surface area contributed by atoms with Gasteiger partial charge in [0.25, 0.3) is 5.91 Å². The van der Waals surface area contributed by atoms with E-state index in [0.717, 1.165) is 38.3 Å². The van der Waals surface area contributed by atoms with Crippen molar-refractivity contribution in [2.24, 2.45) is 11.8 Å². The van der Waals surface area contributed by atoms with Crippen LogP contribution in [0.5, 0.6) is 0 Å². The molecule has 1 amide bonds. The first-order valence-corrected chi connectivity index (χ1v) is 9.41. The van der Waals surface area contributed by atoms with Crippen LogP contribution in [0.15, 0.2) is 24.3 Å². The molecular weight excluding hydrogens is 332 g/mol. The molecule has 2 fully saturated rings. The zero-order valence-corrected chi connectivity index (χ0v) is 15.6. The molecule has 0 saturated carbocycles. The van der Waals surface area contributed by atoms with Crippen LogP contribution in [0.1, 0.15) is 30.6 Å². The van der Waals surface area contributed by atoms with E-state index in [9.17, 15) is 9.59 Å². The Hall–Kier alpha value is -2.08. The normalized spacial score (nSPS) is 23.6. The van der Waals surface area contributed by atoms with Gasteiger partial charge in [-0.2, -0.15) is 0 Å². The average molecular weight is 360 g/mol. The summed E-state index contributed by atoms with van der Waals surface area (Å²) in [5.74, 6) is 0.417. The third kappa shape index (κ3) is 4.55. The molecule has 142 valence electrons. The van der Waals surface area contributed by atoms with Gasteiger partial charge in [0.05, 0.1) is 24.5 Å². The van der Waals surface area contributed by atoms with E-state index >= 15 is 0 Å². The van der Waals surface area contributed by atoms with Gasteiger partial charge in [0, 0.05) is 26.2 Å². The van der Waals surface area contributed by atoms with Crippen molar-refractivity contribution in [2.75, 3.05) is 50.9 Å². The fraction of sp³-hybridized carbons (Fsp3) is 0.600. The molecule has 3 rings (SSSR count). The van der Waals surface area contributed by atoms with Gasteiger partial charge in [-0.25, -0.2) is 4.79 Å². The van der Waals surface area contributed by atoms with E-state index in [-0.39, 0.29) is 12.5 Å². The van der Waals surface area contributed by atoms with E-state index in [0.29, 0.717) is 30.6 Å². The highest BCUT2D eigenvalue weighted by Gasteiger charge is 2.26. The summed E-state index contributed by atoms with van der Waals surface area (Å²) in [5.41, 5.74) is 1.34. The van der Waals surface area contributed by atoms with Gasteiger partial charge >= 0.3 is 5.97 Å². The molecule has 1 aromatic rings. The van der Waals surface area contributed by atoms with Crippen molar-refractivity contribution in [2.45, 2.75) is 20.3 Å². The SMILES string of the molecule is C[C@@H]1C[C@H](C)CN(C(=O)COC(=O)c2ccccc2N2CCOCC2)C1. The fourth-order valence-electron chi connectivity index (χ4n) is 3.89. The summed E-state index contributed by atoms with van der Waals surface area (Å²) in [6.45, 7) is 8.37. The van der Waals surface area contributed by atoms with Crippen LogP contribution in [0.25, 0.3) is 0 Å². The van der Waals surface area contributed by atoms with Crippen LogP contribution in [-0.2, 0) is 14.3 Å². The van der Waals surface area contributed by atoms with Gasteiger partial charge in [-0.15, -0.1) is 0 Å². The first-order chi connectivity index (χ1) is 12.5. The largest absolute Gasteiger partial charge is 0.452 e. The summed E-state index contributed by atoms with van der Waals surface area (Å²) in [7, 11) is 0. The lowest BCUT2D eigenvalue weighted by Crippen LogP contribution is -2.44. The zero-order valence-electron chi connectivity index (χ0n) is 15.6. The third-order valence-corrected chi connectivity index (χ3v) is 5.02. The highest BCUT2D eigenvalue weighted by atomic mass is 16.5. The van der Waals surface area contributed by atoms with Crippen molar-refractivity contribution in [1.29, 1.82) is 0 Å². The van der Waals surface area contributed by atoms with Gasteiger partial charge < -0.3 is 19.3 Å². The number of likely N-dealkylation sites (tertiary alicyclic amines) is 1. The molecule has 0 N–H and O–H groups in total. The number of para-hydroxylation sites is 1. The molecular formula is C20H28N2O4. The number of nitrogens with zero attached hydrogens (tertiary/aromatic N) is 2. The lowest BCUT2D eigenvalue weighted by atomic mass is 9.92. The molecule has 2 saturated heterocycles. The van der Waals surface area contributed by atoms with Crippen molar-refractivity contribution in [3.63, 3.8) is 0 Å². The quantitative estimate of drug-likeness (QED) is 0.771. The summed E-state index contributed by atoms with van der Waals surface area (Å²) in [6, 6.07) is 7.39. The Morgan fingerprint density at radius 3 is 2.46 bits per heavy atom. The molecule has 0 spiro atoms. The van der Waals surface area contributed by atoms with Crippen molar-refractivity contribution >= 4 is 17.6 Å². The summed E-state index contributed by atoms with van der Waals surface area (Å²) in [4.78, 5) is 28.9. The van der Waals surface area contributed by atoms with Crippen molar-refractivity contribution in [1.82, 2.24) is 4.90 Å². The molecule has 6 heteroatoms. The van der Waals surface area contributed by atoms with Gasteiger partial charge in [-0.3, -0.25) is 4.79 Å². The van der Waals surface area contributed by atoms with Crippen LogP contribution >= 0.6 is 0 Å². The molecule has 2 heterocycles. The summed E-state index contributed by atoms with van der Waals surface area (Å²) >= 11 is 0. The van der Waals surface area contributed by atoms with E-state index in [2.05, 4.69) is 18.7 Å². The molecule has 1 aromatic carbocycles. The number of carbonyl (C=O) groups excluding carboxylic acids is 2. The standard InChI is InChI=1S/C20H28N2O4/c1-15-11-16(2)13-22(12-15)19(23)14-26-20(24)17-5-3-4-6-18(17)21-7-9-25-10-8-21/h3-6,15-16H,7-14H2,1-2H3/t15-,16+. The van der Waals surface area contributed by atoms with E-state index in [4.69, 9.17) is 9.47 Å². The highest BCUT2D eigenvalue weighted by Crippen LogP contribution is 2.23. The predicted molar refractivity (Wildman–Crippen MR) is 99.3 cm³/mol. The summed E-state index contributed by atoms with van der Waals surface area (Å²) in [6.07, 6.45) is 1.14. The van der Waals surface area contributed by atoms with Crippen LogP contribution in [-0.4, -0.2) is 62.8 Å². The summed E-state index contributed by atoms with van der Waals surface area (Å²) < 4.78 is 10.7. The van der Waals surface area contributed by atoms with E-state index in [1.807, 2.05) is 23.1 Å². The Kier molecular flexibility index (Phi) is 6.14.